The van der Waals surface area contributed by atoms with E-state index in [9.17, 15) is 4.79 Å². The Balaban J connectivity index is 3.44. The van der Waals surface area contributed by atoms with E-state index in [1.807, 2.05) is 0 Å². The van der Waals surface area contributed by atoms with E-state index in [0.29, 0.717) is 19.4 Å². The fraction of sp³-hybridized carbons (Fsp3) is 0.609. The topological polar surface area (TPSA) is 46.5 Å². The van der Waals surface area contributed by atoms with Crippen LogP contribution in [0.1, 0.15) is 77.6 Å². The first-order valence-corrected chi connectivity index (χ1v) is 10.2. The van der Waals surface area contributed by atoms with Crippen LogP contribution < -0.4 is 0 Å². The fourth-order valence-corrected chi connectivity index (χ4v) is 2.25. The number of aliphatic hydroxyl groups excluding tert-OH is 1. The van der Waals surface area contributed by atoms with E-state index < -0.39 is 0 Å². The number of hydrogen-bond acceptors (Lipinski definition) is 3. The van der Waals surface area contributed by atoms with Crippen LogP contribution in [0.2, 0.25) is 0 Å². The summed E-state index contributed by atoms with van der Waals surface area (Å²) in [6, 6.07) is 0. The normalized spacial score (nSPS) is 12.2. The monoisotopic (exact) mass is 362 g/mol. The molecule has 0 aliphatic heterocycles. The lowest BCUT2D eigenvalue weighted by Gasteiger charge is -2.01. The van der Waals surface area contributed by atoms with Crippen molar-refractivity contribution in [3.8, 4) is 0 Å². The molecule has 0 bridgehead atoms. The van der Waals surface area contributed by atoms with Gasteiger partial charge in [-0.1, -0.05) is 68.4 Å². The molecule has 3 heteroatoms. The molecule has 0 aromatic heterocycles. The molecule has 0 unspecified atom stereocenters. The Bertz CT molecular complexity index is 419. The highest BCUT2D eigenvalue weighted by molar-refractivity contribution is 5.69. The summed E-state index contributed by atoms with van der Waals surface area (Å²) in [5, 5.41) is 8.60. The van der Waals surface area contributed by atoms with Gasteiger partial charge in [-0.05, 0) is 44.9 Å². The van der Waals surface area contributed by atoms with Crippen molar-refractivity contribution < 1.29 is 14.6 Å². The lowest BCUT2D eigenvalue weighted by Crippen LogP contribution is -2.06. The third kappa shape index (κ3) is 20.4. The van der Waals surface area contributed by atoms with Crippen molar-refractivity contribution in [3.63, 3.8) is 0 Å². The number of unbranched alkanes of at least 4 members (excludes halogenated alkanes) is 4. The summed E-state index contributed by atoms with van der Waals surface area (Å²) in [5.41, 5.74) is 0. The van der Waals surface area contributed by atoms with E-state index in [1.54, 1.807) is 0 Å². The zero-order valence-corrected chi connectivity index (χ0v) is 16.6. The Morgan fingerprint density at radius 3 is 1.85 bits per heavy atom. The van der Waals surface area contributed by atoms with Gasteiger partial charge in [0.15, 0.2) is 0 Å². The quantitative estimate of drug-likeness (QED) is 0.194. The number of allylic oxidation sites excluding steroid dienone is 8. The molecule has 148 valence electrons. The number of aliphatic hydroxyl groups is 1. The Labute approximate surface area is 160 Å². The largest absolute Gasteiger partial charge is 0.466 e. The summed E-state index contributed by atoms with van der Waals surface area (Å²) >= 11 is 0. The highest BCUT2D eigenvalue weighted by atomic mass is 16.5. The molecule has 0 aliphatic carbocycles. The van der Waals surface area contributed by atoms with Gasteiger partial charge in [0.25, 0.3) is 0 Å². The maximum absolute atomic E-state index is 11.3. The second-order valence-corrected chi connectivity index (χ2v) is 6.28. The van der Waals surface area contributed by atoms with Gasteiger partial charge in [0.05, 0.1) is 6.61 Å². The van der Waals surface area contributed by atoms with Crippen LogP contribution >= 0.6 is 0 Å². The van der Waals surface area contributed by atoms with Crippen LogP contribution in [-0.2, 0) is 9.53 Å². The summed E-state index contributed by atoms with van der Waals surface area (Å²) < 4.78 is 4.97. The Morgan fingerprint density at radius 1 is 0.769 bits per heavy atom. The number of esters is 1. The lowest BCUT2D eigenvalue weighted by atomic mass is 10.2. The van der Waals surface area contributed by atoms with Crippen molar-refractivity contribution in [2.45, 2.75) is 77.6 Å². The standard InChI is InChI=1S/C23H38O3/c1-2-3-4-5-6-7-8-9-10-11-12-13-14-15-16-17-18-20-23(25)26-22-19-21-24/h6-7,9-10,12-13,15-16,24H,2-5,8,11,14,17-22H2,1H3/b7-6-,10-9-,13-12-,16-15-. The van der Waals surface area contributed by atoms with Gasteiger partial charge in [0.2, 0.25) is 0 Å². The molecular formula is C23H38O3. The molecule has 0 saturated carbocycles. The maximum atomic E-state index is 11.3. The first kappa shape index (κ1) is 24.4. The van der Waals surface area contributed by atoms with Gasteiger partial charge in [-0.15, -0.1) is 0 Å². The Hall–Kier alpha value is -1.61. The molecular weight excluding hydrogens is 324 g/mol. The molecule has 0 aromatic carbocycles. The number of ether oxygens (including phenoxy) is 1. The summed E-state index contributed by atoms with van der Waals surface area (Å²) in [7, 11) is 0. The van der Waals surface area contributed by atoms with Crippen LogP contribution in [0.5, 0.6) is 0 Å². The van der Waals surface area contributed by atoms with Crippen molar-refractivity contribution in [1.82, 2.24) is 0 Å². The van der Waals surface area contributed by atoms with Gasteiger partial charge < -0.3 is 9.84 Å². The van der Waals surface area contributed by atoms with Gasteiger partial charge >= 0.3 is 5.97 Å². The molecule has 1 N–H and O–H groups in total. The molecule has 0 radical (unpaired) electrons. The summed E-state index contributed by atoms with van der Waals surface area (Å²) in [5.74, 6) is -0.172. The number of hydrogen-bond donors (Lipinski definition) is 1. The van der Waals surface area contributed by atoms with Crippen LogP contribution in [0.25, 0.3) is 0 Å². The Morgan fingerprint density at radius 2 is 1.31 bits per heavy atom. The van der Waals surface area contributed by atoms with Gasteiger partial charge in [0, 0.05) is 19.4 Å². The predicted octanol–water partition coefficient (Wildman–Crippen LogP) is 6.06. The van der Waals surface area contributed by atoms with E-state index >= 15 is 0 Å². The van der Waals surface area contributed by atoms with Crippen molar-refractivity contribution in [2.24, 2.45) is 0 Å². The van der Waals surface area contributed by atoms with Gasteiger partial charge in [-0.2, -0.15) is 0 Å². The second-order valence-electron chi connectivity index (χ2n) is 6.28. The first-order valence-electron chi connectivity index (χ1n) is 10.2. The molecule has 0 fully saturated rings. The zero-order valence-electron chi connectivity index (χ0n) is 16.6. The van der Waals surface area contributed by atoms with Gasteiger partial charge in [-0.25, -0.2) is 0 Å². The van der Waals surface area contributed by atoms with Gasteiger partial charge in [-0.3, -0.25) is 4.79 Å². The minimum absolute atomic E-state index is 0.0650. The minimum Gasteiger partial charge on any atom is -0.466 e. The molecule has 0 heterocycles. The summed E-state index contributed by atoms with van der Waals surface area (Å²) in [6.45, 7) is 2.62. The highest BCUT2D eigenvalue weighted by Gasteiger charge is 2.00. The molecule has 0 saturated heterocycles. The maximum Gasteiger partial charge on any atom is 0.305 e. The molecule has 0 amide bonds. The molecule has 0 atom stereocenters. The Kier molecular flexibility index (Phi) is 20.1. The zero-order chi connectivity index (χ0) is 19.1. The van der Waals surface area contributed by atoms with Crippen molar-refractivity contribution in [2.75, 3.05) is 13.2 Å². The summed E-state index contributed by atoms with van der Waals surface area (Å²) in [6.07, 6.45) is 28.3. The SMILES string of the molecule is CCCCC/C=C\C/C=C\C/C=C\C/C=C\CCCC(=O)OCCCO. The highest BCUT2D eigenvalue weighted by Crippen LogP contribution is 2.02. The van der Waals surface area contributed by atoms with E-state index in [0.717, 1.165) is 32.1 Å². The molecule has 0 aromatic rings. The van der Waals surface area contributed by atoms with Crippen LogP contribution in [0.4, 0.5) is 0 Å². The van der Waals surface area contributed by atoms with Crippen LogP contribution in [-0.4, -0.2) is 24.3 Å². The van der Waals surface area contributed by atoms with Crippen molar-refractivity contribution >= 4 is 5.97 Å². The molecule has 3 nitrogen and oxygen atoms in total. The average Bonchev–Trinajstić information content (AvgIpc) is 2.64. The van der Waals surface area contributed by atoms with E-state index in [1.165, 1.54) is 25.7 Å². The predicted molar refractivity (Wildman–Crippen MR) is 111 cm³/mol. The number of rotatable bonds is 17. The van der Waals surface area contributed by atoms with E-state index in [-0.39, 0.29) is 12.6 Å². The smallest absolute Gasteiger partial charge is 0.305 e. The second kappa shape index (κ2) is 21.4. The number of carbonyl (C=O) groups excluding carboxylic acids is 1. The number of carbonyl (C=O) groups is 1. The van der Waals surface area contributed by atoms with E-state index in [2.05, 4.69) is 55.5 Å². The van der Waals surface area contributed by atoms with Crippen LogP contribution in [0, 0.1) is 0 Å². The molecule has 26 heavy (non-hydrogen) atoms. The molecule has 0 spiro atoms. The average molecular weight is 363 g/mol. The molecule has 0 aliphatic rings. The van der Waals surface area contributed by atoms with Crippen molar-refractivity contribution in [3.05, 3.63) is 48.6 Å². The van der Waals surface area contributed by atoms with E-state index in [4.69, 9.17) is 9.84 Å². The first-order chi connectivity index (χ1) is 12.8. The lowest BCUT2D eigenvalue weighted by molar-refractivity contribution is -0.144. The van der Waals surface area contributed by atoms with Gasteiger partial charge in [0.1, 0.15) is 0 Å². The minimum atomic E-state index is -0.172. The van der Waals surface area contributed by atoms with Crippen molar-refractivity contribution in [1.29, 1.82) is 0 Å². The van der Waals surface area contributed by atoms with Crippen LogP contribution in [0.15, 0.2) is 48.6 Å². The third-order valence-electron chi connectivity index (χ3n) is 3.77. The summed E-state index contributed by atoms with van der Waals surface area (Å²) in [4.78, 5) is 11.3. The van der Waals surface area contributed by atoms with Crippen LogP contribution in [0.3, 0.4) is 0 Å². The molecule has 0 rings (SSSR count). The third-order valence-corrected chi connectivity index (χ3v) is 3.77. The fourth-order valence-electron chi connectivity index (χ4n) is 2.25.